The van der Waals surface area contributed by atoms with Crippen molar-refractivity contribution in [1.29, 1.82) is 0 Å². The molecule has 2 rings (SSSR count). The van der Waals surface area contributed by atoms with Gasteiger partial charge in [0.1, 0.15) is 5.82 Å². The molecule has 1 aliphatic rings. The number of anilines is 2. The molecular formula is C14H25N5. The summed E-state index contributed by atoms with van der Waals surface area (Å²) in [6.45, 7) is 9.59. The van der Waals surface area contributed by atoms with Crippen LogP contribution in [0.2, 0.25) is 0 Å². The molecule has 0 atom stereocenters. The van der Waals surface area contributed by atoms with Crippen LogP contribution < -0.4 is 10.6 Å². The molecule has 5 nitrogen and oxygen atoms in total. The minimum absolute atomic E-state index is 0.727. The molecule has 0 spiro atoms. The fraction of sp³-hybridized carbons (Fsp3) is 0.714. The molecule has 0 aliphatic carbocycles. The van der Waals surface area contributed by atoms with Gasteiger partial charge in [0.15, 0.2) is 0 Å². The number of rotatable bonds is 7. The molecule has 0 unspecified atom stereocenters. The zero-order chi connectivity index (χ0) is 13.5. The van der Waals surface area contributed by atoms with Crippen LogP contribution in [0.3, 0.4) is 0 Å². The second-order valence-electron chi connectivity index (χ2n) is 5.12. The molecule has 1 saturated heterocycles. The molecule has 19 heavy (non-hydrogen) atoms. The van der Waals surface area contributed by atoms with E-state index >= 15 is 0 Å². The molecule has 0 saturated carbocycles. The van der Waals surface area contributed by atoms with E-state index in [2.05, 4.69) is 32.4 Å². The third kappa shape index (κ3) is 4.67. The van der Waals surface area contributed by atoms with Crippen molar-refractivity contribution in [3.8, 4) is 0 Å². The number of hydrogen-bond donors (Lipinski definition) is 2. The van der Waals surface area contributed by atoms with E-state index in [1.807, 2.05) is 13.0 Å². The number of likely N-dealkylation sites (tertiary alicyclic amines) is 1. The van der Waals surface area contributed by atoms with Crippen LogP contribution >= 0.6 is 0 Å². The quantitative estimate of drug-likeness (QED) is 0.789. The summed E-state index contributed by atoms with van der Waals surface area (Å²) in [5, 5.41) is 6.63. The Balaban J connectivity index is 1.82. The topological polar surface area (TPSA) is 53.1 Å². The second-order valence-corrected chi connectivity index (χ2v) is 5.12. The molecule has 0 amide bonds. The van der Waals surface area contributed by atoms with Crippen molar-refractivity contribution in [2.24, 2.45) is 0 Å². The maximum atomic E-state index is 4.48. The summed E-state index contributed by atoms with van der Waals surface area (Å²) in [6, 6.07) is 2.00. The Bertz CT molecular complexity index is 387. The van der Waals surface area contributed by atoms with Gasteiger partial charge in [-0.05, 0) is 39.3 Å². The summed E-state index contributed by atoms with van der Waals surface area (Å²) in [6.07, 6.45) is 3.77. The Morgan fingerprint density at radius 2 is 1.95 bits per heavy atom. The molecule has 5 heteroatoms. The average molecular weight is 263 g/mol. The lowest BCUT2D eigenvalue weighted by Gasteiger charge is -2.15. The fourth-order valence-electron chi connectivity index (χ4n) is 2.32. The van der Waals surface area contributed by atoms with Gasteiger partial charge in [-0.3, -0.25) is 0 Å². The van der Waals surface area contributed by atoms with E-state index in [1.54, 1.807) is 0 Å². The monoisotopic (exact) mass is 263 g/mol. The Labute approximate surface area is 115 Å². The molecule has 106 valence electrons. The Morgan fingerprint density at radius 1 is 1.16 bits per heavy atom. The zero-order valence-corrected chi connectivity index (χ0v) is 12.1. The number of nitrogens with one attached hydrogen (secondary N) is 2. The highest BCUT2D eigenvalue weighted by Gasteiger charge is 2.10. The van der Waals surface area contributed by atoms with E-state index in [4.69, 9.17) is 0 Å². The van der Waals surface area contributed by atoms with Crippen LogP contribution in [0.5, 0.6) is 0 Å². The van der Waals surface area contributed by atoms with Gasteiger partial charge in [-0.2, -0.15) is 4.98 Å². The van der Waals surface area contributed by atoms with Crippen LogP contribution in [0.25, 0.3) is 0 Å². The van der Waals surface area contributed by atoms with Gasteiger partial charge in [-0.25, -0.2) is 4.98 Å². The van der Waals surface area contributed by atoms with E-state index in [9.17, 15) is 0 Å². The molecule has 1 fully saturated rings. The molecule has 2 N–H and O–H groups in total. The van der Waals surface area contributed by atoms with E-state index in [0.29, 0.717) is 0 Å². The molecule has 0 radical (unpaired) electrons. The highest BCUT2D eigenvalue weighted by molar-refractivity contribution is 5.42. The Morgan fingerprint density at radius 3 is 2.68 bits per heavy atom. The maximum absolute atomic E-state index is 4.48. The van der Waals surface area contributed by atoms with Crippen LogP contribution in [-0.2, 0) is 0 Å². The SMILES string of the molecule is CCCNc1nc(C)cc(NCCN2CCCC2)n1. The van der Waals surface area contributed by atoms with Crippen LogP contribution in [0.1, 0.15) is 31.9 Å². The smallest absolute Gasteiger partial charge is 0.224 e. The van der Waals surface area contributed by atoms with Gasteiger partial charge in [-0.15, -0.1) is 0 Å². The summed E-state index contributed by atoms with van der Waals surface area (Å²) in [4.78, 5) is 11.4. The van der Waals surface area contributed by atoms with Crippen molar-refractivity contribution in [2.75, 3.05) is 43.4 Å². The lowest BCUT2D eigenvalue weighted by atomic mass is 10.4. The van der Waals surface area contributed by atoms with Crippen molar-refractivity contribution >= 4 is 11.8 Å². The van der Waals surface area contributed by atoms with E-state index in [0.717, 1.165) is 43.5 Å². The third-order valence-electron chi connectivity index (χ3n) is 3.32. The predicted octanol–water partition coefficient (Wildman–Crippen LogP) is 2.11. The Hall–Kier alpha value is -1.36. The highest BCUT2D eigenvalue weighted by atomic mass is 15.2. The minimum Gasteiger partial charge on any atom is -0.369 e. The van der Waals surface area contributed by atoms with Gasteiger partial charge in [-0.1, -0.05) is 6.92 Å². The van der Waals surface area contributed by atoms with Gasteiger partial charge in [0.25, 0.3) is 0 Å². The van der Waals surface area contributed by atoms with Gasteiger partial charge < -0.3 is 15.5 Å². The number of aryl methyl sites for hydroxylation is 1. The number of aromatic nitrogens is 2. The van der Waals surface area contributed by atoms with Crippen molar-refractivity contribution < 1.29 is 0 Å². The van der Waals surface area contributed by atoms with Gasteiger partial charge in [0, 0.05) is 31.4 Å². The number of hydrogen-bond acceptors (Lipinski definition) is 5. The first-order chi connectivity index (χ1) is 9.28. The molecule has 1 aromatic rings. The summed E-state index contributed by atoms with van der Waals surface area (Å²) >= 11 is 0. The van der Waals surface area contributed by atoms with E-state index in [-0.39, 0.29) is 0 Å². The average Bonchev–Trinajstić information content (AvgIpc) is 2.89. The largest absolute Gasteiger partial charge is 0.369 e. The lowest BCUT2D eigenvalue weighted by Crippen LogP contribution is -2.26. The first kappa shape index (κ1) is 14.1. The highest BCUT2D eigenvalue weighted by Crippen LogP contribution is 2.10. The molecule has 1 aliphatic heterocycles. The second kappa shape index (κ2) is 7.28. The van der Waals surface area contributed by atoms with Crippen LogP contribution in [0.15, 0.2) is 6.07 Å². The minimum atomic E-state index is 0.727. The van der Waals surface area contributed by atoms with Crippen LogP contribution in [0, 0.1) is 6.92 Å². The fourth-order valence-corrected chi connectivity index (χ4v) is 2.32. The Kier molecular flexibility index (Phi) is 5.39. The molecule has 2 heterocycles. The summed E-state index contributed by atoms with van der Waals surface area (Å²) in [7, 11) is 0. The zero-order valence-electron chi connectivity index (χ0n) is 12.1. The molecular weight excluding hydrogens is 238 g/mol. The summed E-state index contributed by atoms with van der Waals surface area (Å²) < 4.78 is 0. The van der Waals surface area contributed by atoms with Gasteiger partial charge in [0.2, 0.25) is 5.95 Å². The standard InChI is InChI=1S/C14H25N5/c1-3-6-16-14-17-12(2)11-13(18-14)15-7-10-19-8-4-5-9-19/h11H,3-10H2,1-2H3,(H2,15,16,17,18). The molecule has 0 bridgehead atoms. The van der Waals surface area contributed by atoms with Gasteiger partial charge in [0.05, 0.1) is 0 Å². The van der Waals surface area contributed by atoms with Crippen molar-refractivity contribution in [3.63, 3.8) is 0 Å². The first-order valence-corrected chi connectivity index (χ1v) is 7.33. The maximum Gasteiger partial charge on any atom is 0.224 e. The third-order valence-corrected chi connectivity index (χ3v) is 3.32. The van der Waals surface area contributed by atoms with Crippen molar-refractivity contribution in [3.05, 3.63) is 11.8 Å². The number of nitrogens with zero attached hydrogens (tertiary/aromatic N) is 3. The van der Waals surface area contributed by atoms with Gasteiger partial charge >= 0.3 is 0 Å². The van der Waals surface area contributed by atoms with Crippen molar-refractivity contribution in [2.45, 2.75) is 33.1 Å². The normalized spacial score (nSPS) is 15.7. The first-order valence-electron chi connectivity index (χ1n) is 7.33. The van der Waals surface area contributed by atoms with Crippen molar-refractivity contribution in [1.82, 2.24) is 14.9 Å². The predicted molar refractivity (Wildman–Crippen MR) is 79.7 cm³/mol. The molecule has 1 aromatic heterocycles. The summed E-state index contributed by atoms with van der Waals surface area (Å²) in [5.41, 5.74) is 0.997. The van der Waals surface area contributed by atoms with E-state index < -0.39 is 0 Å². The van der Waals surface area contributed by atoms with E-state index in [1.165, 1.54) is 25.9 Å². The van der Waals surface area contributed by atoms with Crippen LogP contribution in [-0.4, -0.2) is 47.6 Å². The summed E-state index contributed by atoms with van der Waals surface area (Å²) in [5.74, 6) is 1.65. The lowest BCUT2D eigenvalue weighted by molar-refractivity contribution is 0.352. The molecule has 0 aromatic carbocycles. The van der Waals surface area contributed by atoms with Crippen LogP contribution in [0.4, 0.5) is 11.8 Å².